The van der Waals surface area contributed by atoms with Gasteiger partial charge in [-0.15, -0.1) is 0 Å². The Bertz CT molecular complexity index is 681. The van der Waals surface area contributed by atoms with Gasteiger partial charge in [-0.25, -0.2) is 0 Å². The Kier molecular flexibility index (Phi) is 3.68. The third-order valence-electron chi connectivity index (χ3n) is 3.89. The van der Waals surface area contributed by atoms with Crippen LogP contribution in [0.25, 0.3) is 21.5 Å². The van der Waals surface area contributed by atoms with E-state index < -0.39 is 0 Å². The third-order valence-corrected chi connectivity index (χ3v) is 3.89. The van der Waals surface area contributed by atoms with Crippen LogP contribution in [0.2, 0.25) is 0 Å². The molecular formula is C18H20N2. The van der Waals surface area contributed by atoms with E-state index in [1.807, 2.05) is 0 Å². The molecule has 2 heteroatoms. The molecule has 0 atom stereocenters. The Balaban J connectivity index is 2.28. The van der Waals surface area contributed by atoms with Gasteiger partial charge in [0.15, 0.2) is 0 Å². The first kappa shape index (κ1) is 13.1. The molecular weight excluding hydrogens is 244 g/mol. The zero-order chi connectivity index (χ0) is 13.9. The predicted octanol–water partition coefficient (Wildman–Crippen LogP) is 3.00. The first-order chi connectivity index (χ1) is 9.83. The number of hydrogen-bond acceptors (Lipinski definition) is 2. The quantitative estimate of drug-likeness (QED) is 0.712. The summed E-state index contributed by atoms with van der Waals surface area (Å²) in [6.07, 6.45) is 1.84. The van der Waals surface area contributed by atoms with Gasteiger partial charge in [0.1, 0.15) is 0 Å². The van der Waals surface area contributed by atoms with E-state index in [1.165, 1.54) is 32.7 Å². The van der Waals surface area contributed by atoms with Crippen LogP contribution >= 0.6 is 0 Å². The van der Waals surface area contributed by atoms with Crippen LogP contribution in [0.4, 0.5) is 0 Å². The van der Waals surface area contributed by atoms with Gasteiger partial charge in [-0.1, -0.05) is 36.4 Å². The Morgan fingerprint density at radius 2 is 1.10 bits per heavy atom. The van der Waals surface area contributed by atoms with Crippen LogP contribution in [-0.2, 0) is 12.8 Å². The predicted molar refractivity (Wildman–Crippen MR) is 87.0 cm³/mol. The molecule has 0 unspecified atom stereocenters. The molecule has 0 aliphatic heterocycles. The number of hydrogen-bond donors (Lipinski definition) is 2. The molecule has 0 radical (unpaired) electrons. The van der Waals surface area contributed by atoms with E-state index in [-0.39, 0.29) is 0 Å². The maximum Gasteiger partial charge on any atom is -0.00365 e. The van der Waals surface area contributed by atoms with E-state index in [4.69, 9.17) is 11.5 Å². The van der Waals surface area contributed by atoms with Crippen LogP contribution in [0.3, 0.4) is 0 Å². The highest BCUT2D eigenvalue weighted by atomic mass is 14.5. The van der Waals surface area contributed by atoms with E-state index in [0.717, 1.165) is 12.8 Å². The van der Waals surface area contributed by atoms with Crippen LogP contribution in [0.5, 0.6) is 0 Å². The molecule has 0 aliphatic rings. The van der Waals surface area contributed by atoms with Gasteiger partial charge in [-0.3, -0.25) is 0 Å². The van der Waals surface area contributed by atoms with Crippen molar-refractivity contribution in [3.8, 4) is 0 Å². The van der Waals surface area contributed by atoms with Crippen molar-refractivity contribution in [2.24, 2.45) is 11.5 Å². The summed E-state index contributed by atoms with van der Waals surface area (Å²) in [6, 6.07) is 17.5. The first-order valence-corrected chi connectivity index (χ1v) is 7.17. The highest BCUT2D eigenvalue weighted by molar-refractivity contribution is 6.00. The molecule has 0 saturated carbocycles. The maximum absolute atomic E-state index is 5.71. The van der Waals surface area contributed by atoms with Crippen molar-refractivity contribution in [2.75, 3.05) is 13.1 Å². The smallest absolute Gasteiger partial charge is 0.00365 e. The highest BCUT2D eigenvalue weighted by Gasteiger charge is 2.05. The van der Waals surface area contributed by atoms with Gasteiger partial charge in [-0.2, -0.15) is 0 Å². The number of benzene rings is 3. The van der Waals surface area contributed by atoms with Crippen LogP contribution in [0.15, 0.2) is 48.5 Å². The summed E-state index contributed by atoms with van der Waals surface area (Å²) in [5, 5.41) is 5.20. The summed E-state index contributed by atoms with van der Waals surface area (Å²) in [7, 11) is 0. The second-order valence-electron chi connectivity index (χ2n) is 5.21. The van der Waals surface area contributed by atoms with Gasteiger partial charge in [0.2, 0.25) is 0 Å². The molecule has 3 rings (SSSR count). The number of fused-ring (bicyclic) bond motifs is 2. The molecule has 4 N–H and O–H groups in total. The van der Waals surface area contributed by atoms with Crippen molar-refractivity contribution in [2.45, 2.75) is 12.8 Å². The lowest BCUT2D eigenvalue weighted by Gasteiger charge is -2.10. The molecule has 102 valence electrons. The molecule has 20 heavy (non-hydrogen) atoms. The van der Waals surface area contributed by atoms with E-state index in [1.54, 1.807) is 0 Å². The van der Waals surface area contributed by atoms with Crippen molar-refractivity contribution < 1.29 is 0 Å². The minimum absolute atomic E-state index is 0.685. The molecule has 3 aromatic rings. The van der Waals surface area contributed by atoms with Crippen LogP contribution in [-0.4, -0.2) is 13.1 Å². The Labute approximate surface area is 119 Å². The van der Waals surface area contributed by atoms with Crippen LogP contribution in [0.1, 0.15) is 11.1 Å². The Morgan fingerprint density at radius 3 is 1.50 bits per heavy atom. The van der Waals surface area contributed by atoms with Gasteiger partial charge in [0.05, 0.1) is 0 Å². The molecule has 0 amide bonds. The molecule has 0 bridgehead atoms. The first-order valence-electron chi connectivity index (χ1n) is 7.17. The van der Waals surface area contributed by atoms with Crippen molar-refractivity contribution >= 4 is 21.5 Å². The van der Waals surface area contributed by atoms with Crippen molar-refractivity contribution in [3.05, 3.63) is 59.7 Å². The molecule has 0 fully saturated rings. The fraction of sp³-hybridized carbons (Fsp3) is 0.222. The summed E-state index contributed by atoms with van der Waals surface area (Å²) in [4.78, 5) is 0. The average Bonchev–Trinajstić information content (AvgIpc) is 2.47. The van der Waals surface area contributed by atoms with Crippen molar-refractivity contribution in [1.82, 2.24) is 0 Å². The fourth-order valence-corrected chi connectivity index (χ4v) is 2.93. The summed E-state index contributed by atoms with van der Waals surface area (Å²) >= 11 is 0. The largest absolute Gasteiger partial charge is 0.330 e. The summed E-state index contributed by atoms with van der Waals surface area (Å²) in [5.41, 5.74) is 14.1. The average molecular weight is 264 g/mol. The lowest BCUT2D eigenvalue weighted by atomic mass is 9.95. The minimum atomic E-state index is 0.685. The van der Waals surface area contributed by atoms with E-state index >= 15 is 0 Å². The molecule has 3 aromatic carbocycles. The molecule has 0 aliphatic carbocycles. The molecule has 2 nitrogen and oxygen atoms in total. The van der Waals surface area contributed by atoms with Gasteiger partial charge in [0, 0.05) is 0 Å². The second kappa shape index (κ2) is 5.61. The topological polar surface area (TPSA) is 52.0 Å². The summed E-state index contributed by atoms with van der Waals surface area (Å²) < 4.78 is 0. The molecule has 0 spiro atoms. The van der Waals surface area contributed by atoms with Crippen LogP contribution in [0, 0.1) is 0 Å². The highest BCUT2D eigenvalue weighted by Crippen LogP contribution is 2.28. The molecule has 0 heterocycles. The molecule has 0 aromatic heterocycles. The monoisotopic (exact) mass is 264 g/mol. The third kappa shape index (κ3) is 2.28. The lowest BCUT2D eigenvalue weighted by Crippen LogP contribution is -2.04. The van der Waals surface area contributed by atoms with Gasteiger partial charge in [-0.05, 0) is 70.7 Å². The fourth-order valence-electron chi connectivity index (χ4n) is 2.93. The SMILES string of the molecule is NCCc1cccc2cc3c(CCN)cccc3cc12. The normalized spacial score (nSPS) is 11.3. The zero-order valence-electron chi connectivity index (χ0n) is 11.6. The minimum Gasteiger partial charge on any atom is -0.330 e. The zero-order valence-corrected chi connectivity index (χ0v) is 11.6. The molecule has 0 saturated heterocycles. The summed E-state index contributed by atoms with van der Waals surface area (Å²) in [6.45, 7) is 1.37. The van der Waals surface area contributed by atoms with Gasteiger partial charge in [0.25, 0.3) is 0 Å². The van der Waals surface area contributed by atoms with E-state index in [0.29, 0.717) is 13.1 Å². The number of nitrogens with two attached hydrogens (primary N) is 2. The summed E-state index contributed by atoms with van der Waals surface area (Å²) in [5.74, 6) is 0. The lowest BCUT2D eigenvalue weighted by molar-refractivity contribution is 0.976. The van der Waals surface area contributed by atoms with E-state index in [9.17, 15) is 0 Å². The second-order valence-corrected chi connectivity index (χ2v) is 5.21. The van der Waals surface area contributed by atoms with Gasteiger partial charge >= 0.3 is 0 Å². The Hall–Kier alpha value is -1.90. The standard InChI is InChI=1S/C18H20N2/c19-9-7-13-3-1-5-15-11-18-14(8-10-20)4-2-6-16(18)12-17(13)15/h1-6,11-12H,7-10,19-20H2. The Morgan fingerprint density at radius 1 is 0.650 bits per heavy atom. The number of rotatable bonds is 4. The van der Waals surface area contributed by atoms with Crippen LogP contribution < -0.4 is 11.5 Å². The van der Waals surface area contributed by atoms with Gasteiger partial charge < -0.3 is 11.5 Å². The van der Waals surface area contributed by atoms with Crippen molar-refractivity contribution in [1.29, 1.82) is 0 Å². The van der Waals surface area contributed by atoms with Crippen molar-refractivity contribution in [3.63, 3.8) is 0 Å². The maximum atomic E-state index is 5.71. The van der Waals surface area contributed by atoms with E-state index in [2.05, 4.69) is 48.5 Å².